The summed E-state index contributed by atoms with van der Waals surface area (Å²) in [6.07, 6.45) is -1.60. The van der Waals surface area contributed by atoms with Crippen LogP contribution in [0.25, 0.3) is 11.2 Å². The number of fused-ring (bicyclic) bond motifs is 2. The first-order chi connectivity index (χ1) is 29.0. The fourth-order valence-corrected chi connectivity index (χ4v) is 10.3. The molecule has 2 aromatic heterocycles. The van der Waals surface area contributed by atoms with Crippen LogP contribution >= 0.6 is 31.3 Å². The monoisotopic (exact) mass is 920 g/mol. The number of nitrogens with zero attached hydrogens (tertiary/aromatic N) is 4. The van der Waals surface area contributed by atoms with Crippen molar-refractivity contribution in [1.29, 1.82) is 0 Å². The average Bonchev–Trinajstić information content (AvgIpc) is 3.86. The number of imidazole rings is 1. The Hall–Kier alpha value is -4.87. The van der Waals surface area contributed by atoms with Gasteiger partial charge in [-0.25, -0.2) is 19.1 Å². The first-order valence-corrected chi connectivity index (χ1v) is 23.0. The van der Waals surface area contributed by atoms with Crippen LogP contribution in [-0.4, -0.2) is 63.0 Å². The van der Waals surface area contributed by atoms with Gasteiger partial charge in [0, 0.05) is 22.7 Å². The Bertz CT molecular complexity index is 2450. The summed E-state index contributed by atoms with van der Waals surface area (Å²) in [6, 6.07) is 36.3. The molecule has 4 aromatic carbocycles. The third-order valence-electron chi connectivity index (χ3n) is 9.36. The molecule has 0 radical (unpaired) electrons. The molecule has 2 fully saturated rings. The van der Waals surface area contributed by atoms with Crippen LogP contribution in [0.4, 0.5) is 22.7 Å². The van der Waals surface area contributed by atoms with Crippen molar-refractivity contribution in [3.8, 4) is 0 Å². The van der Waals surface area contributed by atoms with Crippen LogP contribution in [0.15, 0.2) is 137 Å². The molecular weight excluding hydrogens is 878 g/mol. The number of nitrogens with one attached hydrogen (secondary N) is 4. The molecule has 20 heteroatoms. The lowest BCUT2D eigenvalue weighted by Crippen LogP contribution is -2.33. The topological polar surface area (TPSA) is 190 Å². The lowest BCUT2D eigenvalue weighted by Gasteiger charge is -2.27. The van der Waals surface area contributed by atoms with Gasteiger partial charge < -0.3 is 18.9 Å². The fourth-order valence-electron chi connectivity index (χ4n) is 6.78. The highest BCUT2D eigenvalue weighted by molar-refractivity contribution is 9.10. The van der Waals surface area contributed by atoms with Crippen LogP contribution in [0.3, 0.4) is 0 Å². The zero-order valence-corrected chi connectivity index (χ0v) is 35.9. The number of halogens is 1. The first-order valence-electron chi connectivity index (χ1n) is 19.0. The first kappa shape index (κ1) is 41.8. The van der Waals surface area contributed by atoms with Crippen molar-refractivity contribution in [3.05, 3.63) is 143 Å². The van der Waals surface area contributed by atoms with Gasteiger partial charge in [-0.3, -0.25) is 43.3 Å². The molecule has 0 bridgehead atoms. The van der Waals surface area contributed by atoms with E-state index in [1.807, 2.05) is 72.8 Å². The van der Waals surface area contributed by atoms with Crippen molar-refractivity contribution in [2.75, 3.05) is 40.2 Å². The second kappa shape index (κ2) is 18.0. The van der Waals surface area contributed by atoms with Gasteiger partial charge in [-0.15, -0.1) is 0 Å². The normalized spacial score (nSPS) is 19.9. The summed E-state index contributed by atoms with van der Waals surface area (Å²) < 4.78 is 68.3. The highest BCUT2D eigenvalue weighted by Gasteiger charge is 2.57. The van der Waals surface area contributed by atoms with Crippen LogP contribution in [0, 0.1) is 0 Å². The Morgan fingerprint density at radius 3 is 1.72 bits per heavy atom. The molecule has 2 saturated heterocycles. The molecule has 6 aromatic rings. The number of para-hydroxylation sites is 4. The predicted octanol–water partition coefficient (Wildman–Crippen LogP) is 8.44. The maximum absolute atomic E-state index is 14.4. The van der Waals surface area contributed by atoms with E-state index in [0.29, 0.717) is 22.7 Å². The van der Waals surface area contributed by atoms with Crippen molar-refractivity contribution >= 4 is 65.2 Å². The Labute approximate surface area is 354 Å². The van der Waals surface area contributed by atoms with Crippen LogP contribution in [0.2, 0.25) is 0 Å². The molecule has 4 heterocycles. The van der Waals surface area contributed by atoms with Crippen molar-refractivity contribution in [1.82, 2.24) is 19.1 Å². The lowest BCUT2D eigenvalue weighted by molar-refractivity contribution is -0.199. The summed E-state index contributed by atoms with van der Waals surface area (Å²) in [5.41, 5.74) is 2.21. The standard InChI is InChI=1S/C40H43BrN8O9P2/c1-40(2)57-34-32(25-55-60(52,46-30-19-11-5-12-20-30)47-31-21-13-6-14-22-31)56-38(35(34)58-40)49-36-33(43-39(49)41)37(50)48(26-42-36)27-53-23-24-54-59(51,44-28-15-7-3-8-16-28)45-29-17-9-4-10-18-29/h3-22,26,32,34-35,38H,23-25,27H2,1-2H3,(H2,44,45,51)(H2,46,47,52)/t32-,34-,35-,38-/m1/s1. The van der Waals surface area contributed by atoms with Crippen molar-refractivity contribution in [2.45, 2.75) is 50.9 Å². The lowest BCUT2D eigenvalue weighted by atomic mass is 10.1. The highest BCUT2D eigenvalue weighted by Crippen LogP contribution is 2.50. The zero-order chi connectivity index (χ0) is 41.7. The van der Waals surface area contributed by atoms with Crippen LogP contribution in [0.5, 0.6) is 0 Å². The van der Waals surface area contributed by atoms with Gasteiger partial charge >= 0.3 is 15.3 Å². The van der Waals surface area contributed by atoms with E-state index in [9.17, 15) is 13.9 Å². The van der Waals surface area contributed by atoms with E-state index in [4.69, 9.17) is 28.0 Å². The predicted molar refractivity (Wildman–Crippen MR) is 231 cm³/mol. The van der Waals surface area contributed by atoms with E-state index in [0.717, 1.165) is 0 Å². The molecule has 0 amide bonds. The molecule has 0 saturated carbocycles. The smallest absolute Gasteiger partial charge is 0.358 e. The van der Waals surface area contributed by atoms with E-state index < -0.39 is 51.2 Å². The SMILES string of the molecule is CC1(C)O[C@@H]2[C@H](O1)[C@@H](COP(=O)(Nc1ccccc1)Nc1ccccc1)O[C@H]2n1c(Br)nc2c(=O)n(COCCOP(=O)(Nc3ccccc3)Nc3ccccc3)cnc21. The molecule has 0 spiro atoms. The summed E-state index contributed by atoms with van der Waals surface area (Å²) in [7, 11) is -7.41. The number of rotatable bonds is 18. The second-order valence-corrected chi connectivity index (χ2v) is 18.6. The van der Waals surface area contributed by atoms with Crippen LogP contribution in [-0.2, 0) is 43.9 Å². The minimum Gasteiger partial charge on any atom is -0.358 e. The zero-order valence-electron chi connectivity index (χ0n) is 32.5. The summed E-state index contributed by atoms with van der Waals surface area (Å²) in [5, 5.41) is 12.0. The number of hydrogen-bond acceptors (Lipinski definition) is 11. The van der Waals surface area contributed by atoms with Gasteiger partial charge in [-0.2, -0.15) is 0 Å². The maximum Gasteiger partial charge on any atom is 0.391 e. The molecule has 0 aliphatic carbocycles. The molecule has 0 unspecified atom stereocenters. The molecule has 60 heavy (non-hydrogen) atoms. The highest BCUT2D eigenvalue weighted by atomic mass is 79.9. The molecule has 314 valence electrons. The van der Waals surface area contributed by atoms with Crippen LogP contribution < -0.4 is 25.9 Å². The van der Waals surface area contributed by atoms with Gasteiger partial charge in [0.2, 0.25) is 0 Å². The molecule has 2 aliphatic heterocycles. The number of hydrogen-bond donors (Lipinski definition) is 4. The Morgan fingerprint density at radius 2 is 1.20 bits per heavy atom. The van der Waals surface area contributed by atoms with E-state index in [1.165, 1.54) is 10.9 Å². The third kappa shape index (κ3) is 9.84. The third-order valence-corrected chi connectivity index (χ3v) is 13.2. The van der Waals surface area contributed by atoms with Gasteiger partial charge in [0.25, 0.3) is 5.56 Å². The summed E-state index contributed by atoms with van der Waals surface area (Å²) in [5.74, 6) is -0.989. The molecular formula is C40H43BrN8O9P2. The summed E-state index contributed by atoms with van der Waals surface area (Å²) in [6.45, 7) is 3.19. The Morgan fingerprint density at radius 1 is 0.717 bits per heavy atom. The van der Waals surface area contributed by atoms with Gasteiger partial charge in [-0.1, -0.05) is 72.8 Å². The van der Waals surface area contributed by atoms with E-state index >= 15 is 0 Å². The quantitative estimate of drug-likeness (QED) is 0.0365. The van der Waals surface area contributed by atoms with Gasteiger partial charge in [0.1, 0.15) is 31.4 Å². The van der Waals surface area contributed by atoms with Crippen molar-refractivity contribution < 1.29 is 37.1 Å². The summed E-state index contributed by atoms with van der Waals surface area (Å²) in [4.78, 5) is 22.8. The molecule has 4 N–H and O–H groups in total. The summed E-state index contributed by atoms with van der Waals surface area (Å²) >= 11 is 3.51. The number of anilines is 4. The Kier molecular flexibility index (Phi) is 12.6. The van der Waals surface area contributed by atoms with Crippen LogP contribution in [0.1, 0.15) is 20.1 Å². The number of ether oxygens (including phenoxy) is 4. The second-order valence-electron chi connectivity index (χ2n) is 14.3. The molecule has 17 nitrogen and oxygen atoms in total. The minimum absolute atomic E-state index is 0.00375. The van der Waals surface area contributed by atoms with Gasteiger partial charge in [0.15, 0.2) is 27.9 Å². The van der Waals surface area contributed by atoms with E-state index in [2.05, 4.69) is 46.2 Å². The number of benzene rings is 4. The van der Waals surface area contributed by atoms with Crippen molar-refractivity contribution in [3.63, 3.8) is 0 Å². The average molecular weight is 922 g/mol. The molecule has 8 rings (SSSR count). The maximum atomic E-state index is 14.4. The molecule has 4 atom stereocenters. The number of aromatic nitrogens is 4. The van der Waals surface area contributed by atoms with Gasteiger partial charge in [-0.05, 0) is 78.3 Å². The van der Waals surface area contributed by atoms with Crippen molar-refractivity contribution in [2.24, 2.45) is 0 Å². The Balaban J connectivity index is 0.949. The van der Waals surface area contributed by atoms with E-state index in [-0.39, 0.29) is 42.4 Å². The minimum atomic E-state index is -3.78. The van der Waals surface area contributed by atoms with Gasteiger partial charge in [0.05, 0.1) is 19.8 Å². The fraction of sp³-hybridized carbons (Fsp3) is 0.275. The van der Waals surface area contributed by atoms with E-state index in [1.54, 1.807) is 66.9 Å². The molecule has 2 aliphatic rings. The largest absolute Gasteiger partial charge is 0.391 e.